The summed E-state index contributed by atoms with van der Waals surface area (Å²) >= 11 is 0. The second-order valence-electron chi connectivity index (χ2n) is 5.57. The van der Waals surface area contributed by atoms with Gasteiger partial charge >= 0.3 is 18.1 Å². The molecule has 2 aromatic rings. The number of nitrogens with zero attached hydrogens (tertiary/aromatic N) is 1. The first-order chi connectivity index (χ1) is 14.1. The normalized spacial score (nSPS) is 10.6. The molecule has 0 amide bonds. The lowest BCUT2D eigenvalue weighted by Gasteiger charge is -2.13. The van der Waals surface area contributed by atoms with Crippen LogP contribution in [0.5, 0.6) is 0 Å². The van der Waals surface area contributed by atoms with Crippen molar-refractivity contribution in [2.45, 2.75) is 19.6 Å². The van der Waals surface area contributed by atoms with E-state index < -0.39 is 23.5 Å². The Labute approximate surface area is 168 Å². The van der Waals surface area contributed by atoms with Crippen molar-refractivity contribution in [3.63, 3.8) is 0 Å². The minimum atomic E-state index is -5.08. The van der Waals surface area contributed by atoms with Crippen molar-refractivity contribution in [3.8, 4) is 11.8 Å². The lowest BCUT2D eigenvalue weighted by molar-refractivity contribution is -0.192. The van der Waals surface area contributed by atoms with Crippen molar-refractivity contribution in [3.05, 3.63) is 45.7 Å². The first-order valence-electron chi connectivity index (χ1n) is 8.51. The maximum Gasteiger partial charge on any atom is 0.490 e. The minimum absolute atomic E-state index is 0.126. The molecule has 0 aliphatic carbocycles. The Balaban J connectivity index is 0.000000553. The number of aliphatic carboxylic acids is 1. The minimum Gasteiger partial charge on any atom is -0.477 e. The third-order valence-corrected chi connectivity index (χ3v) is 3.59. The summed E-state index contributed by atoms with van der Waals surface area (Å²) in [6.07, 6.45) is -5.08. The zero-order chi connectivity index (χ0) is 22.9. The van der Waals surface area contributed by atoms with Gasteiger partial charge in [0.2, 0.25) is 5.43 Å². The number of hydrogen-bond donors (Lipinski definition) is 3. The average molecular weight is 428 g/mol. The number of benzene rings is 1. The highest BCUT2D eigenvalue weighted by Crippen LogP contribution is 2.16. The highest BCUT2D eigenvalue weighted by Gasteiger charge is 2.38. The van der Waals surface area contributed by atoms with Crippen LogP contribution in [0.3, 0.4) is 0 Å². The number of hydrogen-bond acceptors (Lipinski definition) is 5. The highest BCUT2D eigenvalue weighted by atomic mass is 19.4. The topological polar surface area (TPSA) is 132 Å². The predicted octanol–water partition coefficient (Wildman–Crippen LogP) is 1.68. The summed E-state index contributed by atoms with van der Waals surface area (Å²) in [5.41, 5.74) is 5.34. The zero-order valence-electron chi connectivity index (χ0n) is 15.8. The van der Waals surface area contributed by atoms with Crippen LogP contribution in [0, 0.1) is 11.8 Å². The van der Waals surface area contributed by atoms with E-state index in [1.807, 2.05) is 6.92 Å². The summed E-state index contributed by atoms with van der Waals surface area (Å²) in [5, 5.41) is 16.9. The molecule has 11 heteroatoms. The largest absolute Gasteiger partial charge is 0.490 e. The number of fused-ring (bicyclic) bond motifs is 1. The smallest absolute Gasteiger partial charge is 0.477 e. The van der Waals surface area contributed by atoms with Gasteiger partial charge in [0.1, 0.15) is 17.9 Å². The van der Waals surface area contributed by atoms with Crippen LogP contribution in [0.2, 0.25) is 0 Å². The number of carbonyl (C=O) groups is 2. The van der Waals surface area contributed by atoms with Gasteiger partial charge in [-0.2, -0.15) is 13.2 Å². The van der Waals surface area contributed by atoms with Crippen LogP contribution in [-0.4, -0.2) is 52.7 Å². The molecular formula is C19H19F3N2O6. The van der Waals surface area contributed by atoms with Crippen LogP contribution < -0.4 is 11.2 Å². The van der Waals surface area contributed by atoms with Crippen molar-refractivity contribution in [2.75, 3.05) is 19.8 Å². The molecule has 0 spiro atoms. The first-order valence-corrected chi connectivity index (χ1v) is 8.51. The Bertz CT molecular complexity index is 1030. The average Bonchev–Trinajstić information content (AvgIpc) is 2.67. The number of halogens is 3. The van der Waals surface area contributed by atoms with Crippen LogP contribution in [0.25, 0.3) is 10.9 Å². The lowest BCUT2D eigenvalue weighted by Crippen LogP contribution is -2.23. The Hall–Kier alpha value is -3.36. The molecule has 0 radical (unpaired) electrons. The van der Waals surface area contributed by atoms with E-state index >= 15 is 0 Å². The summed E-state index contributed by atoms with van der Waals surface area (Å²) in [4.78, 5) is 32.9. The molecule has 0 saturated heterocycles. The summed E-state index contributed by atoms with van der Waals surface area (Å²) in [6, 6.07) is 6.91. The molecule has 8 nitrogen and oxygen atoms in total. The number of aromatic nitrogens is 1. The van der Waals surface area contributed by atoms with Crippen molar-refractivity contribution >= 4 is 22.8 Å². The Morgan fingerprint density at radius 1 is 1.23 bits per heavy atom. The molecule has 0 unspecified atom stereocenters. The van der Waals surface area contributed by atoms with Gasteiger partial charge in [0, 0.05) is 18.5 Å². The number of alkyl halides is 3. The molecule has 1 heterocycles. The molecule has 162 valence electrons. The van der Waals surface area contributed by atoms with E-state index in [9.17, 15) is 27.9 Å². The van der Waals surface area contributed by atoms with Gasteiger partial charge in [-0.1, -0.05) is 18.1 Å². The molecule has 0 atom stereocenters. The number of para-hydroxylation sites is 1. The zero-order valence-corrected chi connectivity index (χ0v) is 15.8. The number of ether oxygens (including phenoxy) is 1. The van der Waals surface area contributed by atoms with Crippen molar-refractivity contribution in [2.24, 2.45) is 5.73 Å². The van der Waals surface area contributed by atoms with Gasteiger partial charge < -0.3 is 25.3 Å². The molecule has 0 bridgehead atoms. The number of carboxylic acids is 2. The molecule has 0 aliphatic rings. The molecule has 4 N–H and O–H groups in total. The van der Waals surface area contributed by atoms with Crippen LogP contribution in [0.4, 0.5) is 13.2 Å². The molecule has 1 aromatic carbocycles. The lowest BCUT2D eigenvalue weighted by atomic mass is 10.1. The van der Waals surface area contributed by atoms with Crippen LogP contribution in [0.15, 0.2) is 29.1 Å². The Morgan fingerprint density at radius 2 is 1.83 bits per heavy atom. The van der Waals surface area contributed by atoms with E-state index in [-0.39, 0.29) is 17.9 Å². The van der Waals surface area contributed by atoms with Gasteiger partial charge in [0.15, 0.2) is 0 Å². The predicted molar refractivity (Wildman–Crippen MR) is 101 cm³/mol. The number of rotatable bonds is 5. The summed E-state index contributed by atoms with van der Waals surface area (Å²) in [7, 11) is 0. The Morgan fingerprint density at radius 3 is 2.33 bits per heavy atom. The summed E-state index contributed by atoms with van der Waals surface area (Å²) < 4.78 is 38.6. The van der Waals surface area contributed by atoms with E-state index in [0.29, 0.717) is 30.6 Å². The quantitative estimate of drug-likeness (QED) is 0.488. The molecule has 30 heavy (non-hydrogen) atoms. The summed E-state index contributed by atoms with van der Waals surface area (Å²) in [6.45, 7) is 3.25. The molecule has 1 aromatic heterocycles. The molecule has 0 fully saturated rings. The van der Waals surface area contributed by atoms with E-state index in [4.69, 9.17) is 20.4 Å². The van der Waals surface area contributed by atoms with Crippen LogP contribution in [0.1, 0.15) is 23.0 Å². The molecule has 0 aliphatic heterocycles. The highest BCUT2D eigenvalue weighted by molar-refractivity contribution is 5.95. The summed E-state index contributed by atoms with van der Waals surface area (Å²) in [5.74, 6) is 1.48. The maximum absolute atomic E-state index is 12.5. The van der Waals surface area contributed by atoms with Gasteiger partial charge in [-0.3, -0.25) is 4.79 Å². The van der Waals surface area contributed by atoms with Gasteiger partial charge in [-0.05, 0) is 25.0 Å². The molecule has 2 rings (SSSR count). The van der Waals surface area contributed by atoms with E-state index in [1.165, 1.54) is 0 Å². The molecular weight excluding hydrogens is 409 g/mol. The number of aryl methyl sites for hydroxylation is 1. The molecule has 0 saturated carbocycles. The van der Waals surface area contributed by atoms with Crippen LogP contribution >= 0.6 is 0 Å². The number of nitrogens with two attached hydrogens (primary N) is 1. The van der Waals surface area contributed by atoms with E-state index in [1.54, 1.807) is 28.8 Å². The van der Waals surface area contributed by atoms with Crippen molar-refractivity contribution in [1.29, 1.82) is 0 Å². The SMILES string of the molecule is CCn1c(C#CCOCCN)c(C(=O)O)c(=O)c2ccccc21.O=C(O)C(F)(F)F. The third kappa shape index (κ3) is 6.33. The third-order valence-electron chi connectivity index (χ3n) is 3.59. The Kier molecular flexibility index (Phi) is 9.04. The number of aromatic carboxylic acids is 1. The second-order valence-corrected chi connectivity index (χ2v) is 5.57. The monoisotopic (exact) mass is 428 g/mol. The van der Waals surface area contributed by atoms with E-state index in [2.05, 4.69) is 11.8 Å². The maximum atomic E-state index is 12.5. The standard InChI is InChI=1S/C17H18N2O4.C2HF3O2/c1-2-19-13-7-4-3-6-12(13)16(20)15(17(21)22)14(19)8-5-10-23-11-9-18;3-2(4,5)1(6)7/h3-4,6-7H,2,9-11,18H2,1H3,(H,21,22);(H,6,7). The fraction of sp³-hybridized carbons (Fsp3) is 0.316. The number of carboxylic acid groups (broad SMARTS) is 2. The first kappa shape index (κ1) is 24.7. The second kappa shape index (κ2) is 11.0. The van der Waals surface area contributed by atoms with Gasteiger partial charge in [0.05, 0.1) is 12.1 Å². The van der Waals surface area contributed by atoms with Gasteiger partial charge in [0.25, 0.3) is 0 Å². The van der Waals surface area contributed by atoms with E-state index in [0.717, 1.165) is 0 Å². The van der Waals surface area contributed by atoms with Crippen molar-refractivity contribution < 1.29 is 37.7 Å². The van der Waals surface area contributed by atoms with Gasteiger partial charge in [-0.25, -0.2) is 9.59 Å². The van der Waals surface area contributed by atoms with Gasteiger partial charge in [-0.15, -0.1) is 0 Å². The number of pyridine rings is 1. The van der Waals surface area contributed by atoms with Crippen LogP contribution in [-0.2, 0) is 16.1 Å². The van der Waals surface area contributed by atoms with Crippen molar-refractivity contribution in [1.82, 2.24) is 4.57 Å². The fourth-order valence-corrected chi connectivity index (χ4v) is 2.38. The fourth-order valence-electron chi connectivity index (χ4n) is 2.38.